The second kappa shape index (κ2) is 13.4. The van der Waals surface area contributed by atoms with Crippen LogP contribution in [-0.4, -0.2) is 60.4 Å². The van der Waals surface area contributed by atoms with Crippen molar-refractivity contribution in [3.8, 4) is 5.75 Å². The van der Waals surface area contributed by atoms with E-state index in [4.69, 9.17) is 10.5 Å². The lowest BCUT2D eigenvalue weighted by Crippen LogP contribution is -2.57. The number of nitrogens with zero attached hydrogens (tertiary/aromatic N) is 2. The summed E-state index contributed by atoms with van der Waals surface area (Å²) in [7, 11) is 1.66. The fraction of sp³-hybridized carbons (Fsp3) is 0.355. The summed E-state index contributed by atoms with van der Waals surface area (Å²) < 4.78 is 18.9. The quantitative estimate of drug-likeness (QED) is 0.414. The van der Waals surface area contributed by atoms with E-state index in [-0.39, 0.29) is 17.9 Å². The third kappa shape index (κ3) is 7.22. The summed E-state index contributed by atoms with van der Waals surface area (Å²) in [6.07, 6.45) is 1.17. The zero-order chi connectivity index (χ0) is 27.8. The van der Waals surface area contributed by atoms with E-state index >= 15 is 0 Å². The van der Waals surface area contributed by atoms with Crippen LogP contribution in [0.1, 0.15) is 39.9 Å². The van der Waals surface area contributed by atoms with Crippen LogP contribution in [0.25, 0.3) is 0 Å². The molecular weight excluding hydrogens is 495 g/mol. The van der Waals surface area contributed by atoms with Crippen LogP contribution in [0.4, 0.5) is 4.39 Å². The van der Waals surface area contributed by atoms with Crippen molar-refractivity contribution in [1.29, 1.82) is 0 Å². The summed E-state index contributed by atoms with van der Waals surface area (Å²) in [5.74, 6) is -0.119. The van der Waals surface area contributed by atoms with Crippen molar-refractivity contribution in [3.63, 3.8) is 0 Å². The monoisotopic (exact) mass is 532 g/mol. The Balaban J connectivity index is 1.62. The molecule has 7 nitrogen and oxygen atoms in total. The molecule has 0 spiro atoms. The number of hydrogen-bond acceptors (Lipinski definition) is 5. The minimum atomic E-state index is -0.669. The van der Waals surface area contributed by atoms with Crippen molar-refractivity contribution < 1.29 is 18.7 Å². The van der Waals surface area contributed by atoms with Crippen LogP contribution < -0.4 is 15.8 Å². The van der Waals surface area contributed by atoms with Crippen molar-refractivity contribution in [3.05, 3.63) is 101 Å². The Hall–Kier alpha value is -3.75. The van der Waals surface area contributed by atoms with Gasteiger partial charge in [0, 0.05) is 44.3 Å². The number of hydrogen-bond donors (Lipinski definition) is 2. The van der Waals surface area contributed by atoms with Crippen molar-refractivity contribution in [2.24, 2.45) is 5.73 Å². The van der Waals surface area contributed by atoms with Gasteiger partial charge in [-0.3, -0.25) is 14.5 Å². The molecule has 0 radical (unpaired) electrons. The highest BCUT2D eigenvalue weighted by molar-refractivity contribution is 5.97. The molecule has 3 aromatic carbocycles. The van der Waals surface area contributed by atoms with Crippen molar-refractivity contribution in [1.82, 2.24) is 15.1 Å². The highest BCUT2D eigenvalue weighted by atomic mass is 19.1. The molecule has 1 fully saturated rings. The molecule has 1 aliphatic heterocycles. The van der Waals surface area contributed by atoms with E-state index in [0.29, 0.717) is 51.1 Å². The molecule has 1 heterocycles. The molecule has 4 rings (SSSR count). The minimum absolute atomic E-state index is 0.0432. The standard InChI is InChI=1S/C31H37FN4O3/c1-22-6-3-4-8-25(22)21-35(20-23-7-5-9-28(18-23)39-2)27-14-17-36(29(19-27)30(37)34-16-15-33)31(38)24-10-12-26(32)13-11-24/h3-13,18,27,29H,14-17,19-21,33H2,1-2H3,(H,34,37)/t27?,29-/m1/s1. The number of rotatable bonds is 10. The SMILES string of the molecule is COc1cccc(CN(Cc2ccccc2C)C2CCN(C(=O)c3ccc(F)cc3)[C@@H](C(=O)NCCN)C2)c1. The smallest absolute Gasteiger partial charge is 0.254 e. The summed E-state index contributed by atoms with van der Waals surface area (Å²) in [6.45, 7) is 4.52. The normalized spacial score (nSPS) is 17.2. The maximum Gasteiger partial charge on any atom is 0.254 e. The molecular formula is C31H37FN4O3. The third-order valence-corrected chi connectivity index (χ3v) is 7.34. The number of amides is 2. The Morgan fingerprint density at radius 3 is 2.56 bits per heavy atom. The van der Waals surface area contributed by atoms with Gasteiger partial charge in [0.2, 0.25) is 5.91 Å². The fourth-order valence-corrected chi connectivity index (χ4v) is 5.17. The lowest BCUT2D eigenvalue weighted by atomic mass is 9.93. The molecule has 1 saturated heterocycles. The average Bonchev–Trinajstić information content (AvgIpc) is 2.96. The van der Waals surface area contributed by atoms with Gasteiger partial charge in [-0.2, -0.15) is 0 Å². The van der Waals surface area contributed by atoms with Gasteiger partial charge in [0.05, 0.1) is 7.11 Å². The van der Waals surface area contributed by atoms with E-state index in [0.717, 1.165) is 11.3 Å². The molecule has 3 aromatic rings. The second-order valence-corrected chi connectivity index (χ2v) is 9.96. The molecule has 2 amide bonds. The summed E-state index contributed by atoms with van der Waals surface area (Å²) in [6, 6.07) is 21.1. The van der Waals surface area contributed by atoms with Gasteiger partial charge in [0.25, 0.3) is 5.91 Å². The number of likely N-dealkylation sites (tertiary alicyclic amines) is 1. The highest BCUT2D eigenvalue weighted by Gasteiger charge is 2.38. The molecule has 206 valence electrons. The molecule has 3 N–H and O–H groups in total. The first-order valence-electron chi connectivity index (χ1n) is 13.4. The first-order valence-corrected chi connectivity index (χ1v) is 13.4. The number of nitrogens with two attached hydrogens (primary N) is 1. The fourth-order valence-electron chi connectivity index (χ4n) is 5.17. The topological polar surface area (TPSA) is 87.9 Å². The van der Waals surface area contributed by atoms with Crippen LogP contribution in [0, 0.1) is 12.7 Å². The summed E-state index contributed by atoms with van der Waals surface area (Å²) in [5, 5.41) is 2.88. The summed E-state index contributed by atoms with van der Waals surface area (Å²) in [5.41, 5.74) is 9.53. The Morgan fingerprint density at radius 1 is 1.08 bits per heavy atom. The van der Waals surface area contributed by atoms with Gasteiger partial charge in [-0.25, -0.2) is 4.39 Å². The number of halogens is 1. The van der Waals surface area contributed by atoms with Gasteiger partial charge in [-0.15, -0.1) is 0 Å². The number of methoxy groups -OCH3 is 1. The van der Waals surface area contributed by atoms with E-state index in [9.17, 15) is 14.0 Å². The molecule has 0 bridgehead atoms. The first kappa shape index (κ1) is 28.3. The number of carbonyl (C=O) groups excluding carboxylic acids is 2. The Bertz CT molecular complexity index is 1270. The van der Waals surface area contributed by atoms with Crippen LogP contribution in [0.3, 0.4) is 0 Å². The Labute approximate surface area is 229 Å². The zero-order valence-corrected chi connectivity index (χ0v) is 22.6. The maximum atomic E-state index is 13.5. The van der Waals surface area contributed by atoms with Gasteiger partial charge in [-0.1, -0.05) is 36.4 Å². The molecule has 1 unspecified atom stereocenters. The van der Waals surface area contributed by atoms with Gasteiger partial charge < -0.3 is 20.7 Å². The van der Waals surface area contributed by atoms with E-state index in [1.54, 1.807) is 12.0 Å². The first-order chi connectivity index (χ1) is 18.9. The van der Waals surface area contributed by atoms with Gasteiger partial charge in [0.1, 0.15) is 17.6 Å². The maximum absolute atomic E-state index is 13.5. The molecule has 39 heavy (non-hydrogen) atoms. The number of nitrogens with one attached hydrogen (secondary N) is 1. The zero-order valence-electron chi connectivity index (χ0n) is 22.6. The van der Waals surface area contributed by atoms with Crippen LogP contribution in [0.5, 0.6) is 5.75 Å². The second-order valence-electron chi connectivity index (χ2n) is 9.96. The van der Waals surface area contributed by atoms with Crippen molar-refractivity contribution >= 4 is 11.8 Å². The number of aryl methyl sites for hydroxylation is 1. The Morgan fingerprint density at radius 2 is 1.85 bits per heavy atom. The summed E-state index contributed by atoms with van der Waals surface area (Å²) >= 11 is 0. The van der Waals surface area contributed by atoms with E-state index in [2.05, 4.69) is 35.3 Å². The van der Waals surface area contributed by atoms with Crippen molar-refractivity contribution in [2.75, 3.05) is 26.7 Å². The molecule has 0 aromatic heterocycles. The van der Waals surface area contributed by atoms with Crippen LogP contribution >= 0.6 is 0 Å². The molecule has 2 atom stereocenters. The lowest BCUT2D eigenvalue weighted by molar-refractivity contribution is -0.127. The largest absolute Gasteiger partial charge is 0.497 e. The van der Waals surface area contributed by atoms with Crippen molar-refractivity contribution in [2.45, 2.75) is 44.9 Å². The third-order valence-electron chi connectivity index (χ3n) is 7.34. The van der Waals surface area contributed by atoms with Gasteiger partial charge in [0.15, 0.2) is 0 Å². The van der Waals surface area contributed by atoms with E-state index in [1.165, 1.54) is 35.4 Å². The molecule has 0 aliphatic carbocycles. The number of benzene rings is 3. The number of carbonyl (C=O) groups is 2. The van der Waals surface area contributed by atoms with Crippen LogP contribution in [-0.2, 0) is 17.9 Å². The van der Waals surface area contributed by atoms with Gasteiger partial charge >= 0.3 is 0 Å². The molecule has 8 heteroatoms. The van der Waals surface area contributed by atoms with Crippen LogP contribution in [0.2, 0.25) is 0 Å². The predicted octanol–water partition coefficient (Wildman–Crippen LogP) is 3.89. The van der Waals surface area contributed by atoms with E-state index < -0.39 is 11.9 Å². The lowest BCUT2D eigenvalue weighted by Gasteiger charge is -2.43. The minimum Gasteiger partial charge on any atom is -0.497 e. The Kier molecular flexibility index (Phi) is 9.68. The number of ether oxygens (including phenoxy) is 1. The summed E-state index contributed by atoms with van der Waals surface area (Å²) in [4.78, 5) is 30.8. The molecule has 0 saturated carbocycles. The predicted molar refractivity (Wildman–Crippen MR) is 150 cm³/mol. The van der Waals surface area contributed by atoms with E-state index in [1.807, 2.05) is 30.3 Å². The average molecular weight is 533 g/mol. The highest BCUT2D eigenvalue weighted by Crippen LogP contribution is 2.28. The number of piperidine rings is 1. The van der Waals surface area contributed by atoms with Gasteiger partial charge in [-0.05, 0) is 72.9 Å². The van der Waals surface area contributed by atoms with Crippen LogP contribution in [0.15, 0.2) is 72.8 Å². The molecule has 1 aliphatic rings.